The van der Waals surface area contributed by atoms with Crippen LogP contribution < -0.4 is 5.32 Å². The summed E-state index contributed by atoms with van der Waals surface area (Å²) in [6.45, 7) is 4.34. The van der Waals surface area contributed by atoms with Crippen LogP contribution >= 0.6 is 0 Å². The Kier molecular flexibility index (Phi) is 4.51. The largest absolute Gasteiger partial charge is 0.480 e. The zero-order chi connectivity index (χ0) is 12.0. The van der Waals surface area contributed by atoms with Gasteiger partial charge in [-0.3, -0.25) is 10.2 Å². The Morgan fingerprint density at radius 2 is 2.00 bits per heavy atom. The maximum atomic E-state index is 11.6. The zero-order valence-electron chi connectivity index (χ0n) is 9.54. The van der Waals surface area contributed by atoms with Crippen LogP contribution in [0.1, 0.15) is 22.8 Å². The number of carbonyl (C=O) groups is 1. The Hall–Kier alpha value is -1.84. The molecule has 0 heterocycles. The van der Waals surface area contributed by atoms with Gasteiger partial charge in [0.25, 0.3) is 5.91 Å². The zero-order valence-corrected chi connectivity index (χ0v) is 9.54. The number of carbonyl (C=O) groups excluding carboxylic acids is 1. The molecular weight excluding hydrogens is 204 g/mol. The van der Waals surface area contributed by atoms with Crippen LogP contribution in [0.3, 0.4) is 0 Å². The van der Waals surface area contributed by atoms with E-state index in [1.165, 1.54) is 0 Å². The van der Waals surface area contributed by atoms with E-state index in [0.29, 0.717) is 12.2 Å². The first-order valence-corrected chi connectivity index (χ1v) is 5.18. The molecule has 4 nitrogen and oxygen atoms in total. The maximum Gasteiger partial charge on any atom is 0.251 e. The van der Waals surface area contributed by atoms with E-state index in [-0.39, 0.29) is 18.3 Å². The van der Waals surface area contributed by atoms with Gasteiger partial charge in [-0.2, -0.15) is 0 Å². The SMILES string of the molecule is CCOC(=N)CNC(=O)c1ccc(C)cc1. The fourth-order valence-corrected chi connectivity index (χ4v) is 1.19. The molecule has 0 fully saturated rings. The van der Waals surface area contributed by atoms with Crippen LogP contribution in [0.15, 0.2) is 24.3 Å². The smallest absolute Gasteiger partial charge is 0.251 e. The first-order chi connectivity index (χ1) is 7.63. The summed E-state index contributed by atoms with van der Waals surface area (Å²) in [6, 6.07) is 7.27. The molecule has 0 radical (unpaired) electrons. The summed E-state index contributed by atoms with van der Waals surface area (Å²) >= 11 is 0. The van der Waals surface area contributed by atoms with Crippen molar-refractivity contribution in [2.24, 2.45) is 0 Å². The molecule has 0 aromatic heterocycles. The van der Waals surface area contributed by atoms with Crippen LogP contribution in [-0.4, -0.2) is 25.0 Å². The summed E-state index contributed by atoms with van der Waals surface area (Å²) in [5.74, 6) is -0.118. The summed E-state index contributed by atoms with van der Waals surface area (Å²) < 4.78 is 4.92. The molecule has 1 aromatic carbocycles. The average molecular weight is 220 g/mol. The fourth-order valence-electron chi connectivity index (χ4n) is 1.19. The molecule has 1 aromatic rings. The lowest BCUT2D eigenvalue weighted by Crippen LogP contribution is -2.30. The number of hydrogen-bond donors (Lipinski definition) is 2. The quantitative estimate of drug-likeness (QED) is 0.599. The summed E-state index contributed by atoms with van der Waals surface area (Å²) in [5, 5.41) is 9.96. The molecule has 86 valence electrons. The molecule has 0 spiro atoms. The van der Waals surface area contributed by atoms with Gasteiger partial charge in [-0.1, -0.05) is 17.7 Å². The van der Waals surface area contributed by atoms with Gasteiger partial charge in [0.15, 0.2) is 5.90 Å². The van der Waals surface area contributed by atoms with E-state index in [1.807, 2.05) is 19.1 Å². The standard InChI is InChI=1S/C12H16N2O2/c1-3-16-11(13)8-14-12(15)10-6-4-9(2)5-7-10/h4-7,13H,3,8H2,1-2H3,(H,14,15). The van der Waals surface area contributed by atoms with Crippen LogP contribution in [0.5, 0.6) is 0 Å². The number of nitrogens with one attached hydrogen (secondary N) is 2. The molecule has 0 aliphatic carbocycles. The first-order valence-electron chi connectivity index (χ1n) is 5.18. The highest BCUT2D eigenvalue weighted by Gasteiger charge is 2.05. The summed E-state index contributed by atoms with van der Waals surface area (Å²) in [5.41, 5.74) is 1.70. The fraction of sp³-hybridized carbons (Fsp3) is 0.333. The molecule has 0 saturated heterocycles. The van der Waals surface area contributed by atoms with E-state index in [1.54, 1.807) is 19.1 Å². The highest BCUT2D eigenvalue weighted by atomic mass is 16.5. The third-order valence-corrected chi connectivity index (χ3v) is 2.04. The Morgan fingerprint density at radius 1 is 1.38 bits per heavy atom. The second kappa shape index (κ2) is 5.90. The third kappa shape index (κ3) is 3.73. The van der Waals surface area contributed by atoms with Crippen molar-refractivity contribution in [3.63, 3.8) is 0 Å². The molecule has 2 N–H and O–H groups in total. The number of aryl methyl sites for hydroxylation is 1. The van der Waals surface area contributed by atoms with Crippen molar-refractivity contribution >= 4 is 11.8 Å². The highest BCUT2D eigenvalue weighted by molar-refractivity contribution is 5.96. The molecule has 0 saturated carbocycles. The normalized spacial score (nSPS) is 9.62. The minimum absolute atomic E-state index is 0.0722. The molecule has 4 heteroatoms. The third-order valence-electron chi connectivity index (χ3n) is 2.04. The number of benzene rings is 1. The minimum atomic E-state index is -0.190. The van der Waals surface area contributed by atoms with Crippen molar-refractivity contribution in [2.45, 2.75) is 13.8 Å². The lowest BCUT2D eigenvalue weighted by molar-refractivity contribution is 0.0956. The molecule has 0 unspecified atom stereocenters. The maximum absolute atomic E-state index is 11.6. The van der Waals surface area contributed by atoms with E-state index >= 15 is 0 Å². The van der Waals surface area contributed by atoms with Crippen LogP contribution in [0.2, 0.25) is 0 Å². The van der Waals surface area contributed by atoms with E-state index in [9.17, 15) is 4.79 Å². The number of rotatable bonds is 4. The van der Waals surface area contributed by atoms with E-state index in [2.05, 4.69) is 5.32 Å². The van der Waals surface area contributed by atoms with Gasteiger partial charge in [0.1, 0.15) is 0 Å². The van der Waals surface area contributed by atoms with Crippen LogP contribution in [0, 0.1) is 12.3 Å². The summed E-state index contributed by atoms with van der Waals surface area (Å²) in [6.07, 6.45) is 0. The van der Waals surface area contributed by atoms with Crippen molar-refractivity contribution in [3.05, 3.63) is 35.4 Å². The molecule has 0 bridgehead atoms. The second-order valence-electron chi connectivity index (χ2n) is 3.40. The first kappa shape index (κ1) is 12.2. The molecule has 0 aliphatic rings. The molecule has 16 heavy (non-hydrogen) atoms. The lowest BCUT2D eigenvalue weighted by atomic mass is 10.1. The number of amides is 1. The van der Waals surface area contributed by atoms with Crippen LogP contribution in [0.4, 0.5) is 0 Å². The van der Waals surface area contributed by atoms with Gasteiger partial charge >= 0.3 is 0 Å². The summed E-state index contributed by atoms with van der Waals surface area (Å²) in [7, 11) is 0. The van der Waals surface area contributed by atoms with Crippen molar-refractivity contribution in [2.75, 3.05) is 13.2 Å². The molecule has 1 amide bonds. The van der Waals surface area contributed by atoms with Gasteiger partial charge in [0, 0.05) is 5.56 Å². The Bertz CT molecular complexity index is 371. The Morgan fingerprint density at radius 3 is 2.56 bits per heavy atom. The van der Waals surface area contributed by atoms with Gasteiger partial charge in [-0.25, -0.2) is 0 Å². The molecule has 0 atom stereocenters. The van der Waals surface area contributed by atoms with Crippen molar-refractivity contribution in [3.8, 4) is 0 Å². The van der Waals surface area contributed by atoms with E-state index < -0.39 is 0 Å². The van der Waals surface area contributed by atoms with E-state index in [0.717, 1.165) is 5.56 Å². The number of hydrogen-bond acceptors (Lipinski definition) is 3. The minimum Gasteiger partial charge on any atom is -0.480 e. The van der Waals surface area contributed by atoms with Crippen LogP contribution in [0.25, 0.3) is 0 Å². The Balaban J connectivity index is 2.47. The van der Waals surface area contributed by atoms with Gasteiger partial charge < -0.3 is 10.1 Å². The predicted octanol–water partition coefficient (Wildman–Crippen LogP) is 1.74. The van der Waals surface area contributed by atoms with Crippen molar-refractivity contribution < 1.29 is 9.53 Å². The van der Waals surface area contributed by atoms with Gasteiger partial charge in [-0.15, -0.1) is 0 Å². The van der Waals surface area contributed by atoms with Gasteiger partial charge in [-0.05, 0) is 26.0 Å². The lowest BCUT2D eigenvalue weighted by Gasteiger charge is -2.07. The van der Waals surface area contributed by atoms with E-state index in [4.69, 9.17) is 10.1 Å². The van der Waals surface area contributed by atoms with Crippen molar-refractivity contribution in [1.82, 2.24) is 5.32 Å². The van der Waals surface area contributed by atoms with Crippen molar-refractivity contribution in [1.29, 1.82) is 5.41 Å². The average Bonchev–Trinajstić information content (AvgIpc) is 2.27. The Labute approximate surface area is 95.1 Å². The predicted molar refractivity (Wildman–Crippen MR) is 62.9 cm³/mol. The molecular formula is C12H16N2O2. The topological polar surface area (TPSA) is 62.2 Å². The molecule has 0 aliphatic heterocycles. The summed E-state index contributed by atoms with van der Waals surface area (Å²) in [4.78, 5) is 11.6. The molecule has 1 rings (SSSR count). The van der Waals surface area contributed by atoms with Crippen LogP contribution in [-0.2, 0) is 4.74 Å². The highest BCUT2D eigenvalue weighted by Crippen LogP contribution is 2.02. The second-order valence-corrected chi connectivity index (χ2v) is 3.40. The van der Waals surface area contributed by atoms with Gasteiger partial charge in [0.2, 0.25) is 0 Å². The monoisotopic (exact) mass is 220 g/mol. The van der Waals surface area contributed by atoms with Gasteiger partial charge in [0.05, 0.1) is 13.2 Å². The number of ether oxygens (including phenoxy) is 1.